The van der Waals surface area contributed by atoms with E-state index in [4.69, 9.17) is 32.8 Å². The summed E-state index contributed by atoms with van der Waals surface area (Å²) in [5.74, 6) is 0.704. The smallest absolute Gasteiger partial charge is 0.308 e. The van der Waals surface area contributed by atoms with Gasteiger partial charge in [-0.05, 0) is 128 Å². The summed E-state index contributed by atoms with van der Waals surface area (Å²) in [6.07, 6.45) is 10.2. The van der Waals surface area contributed by atoms with Gasteiger partial charge in [0, 0.05) is 18.8 Å². The Balaban J connectivity index is 1.03. The van der Waals surface area contributed by atoms with E-state index in [9.17, 15) is 18.0 Å². The number of fused-ring (bicyclic) bond motifs is 1. The molecule has 11 nitrogen and oxygen atoms in total. The highest BCUT2D eigenvalue weighted by Gasteiger charge is 2.50. The summed E-state index contributed by atoms with van der Waals surface area (Å²) in [6.45, 7) is 33.3. The molecule has 5 heterocycles. The number of ketones is 1. The van der Waals surface area contributed by atoms with Crippen LogP contribution in [0.3, 0.4) is 0 Å². The average molecular weight is 1010 g/mol. The zero-order valence-electron chi connectivity index (χ0n) is 44.9. The Morgan fingerprint density at radius 2 is 1.57 bits per heavy atom. The lowest BCUT2D eigenvalue weighted by atomic mass is 9.77. The number of carbonyl (C=O) groups excluding carboxylic acids is 2. The second kappa shape index (κ2) is 24.2. The summed E-state index contributed by atoms with van der Waals surface area (Å²) in [4.78, 5) is 26.1. The zero-order chi connectivity index (χ0) is 51.3. The van der Waals surface area contributed by atoms with E-state index in [-0.39, 0.29) is 120 Å². The lowest BCUT2D eigenvalue weighted by Crippen LogP contribution is -2.58. The first-order valence-electron chi connectivity index (χ1n) is 26.8. The third-order valence-corrected chi connectivity index (χ3v) is 23.8. The molecule has 0 aliphatic carbocycles. The topological polar surface area (TPSA) is 133 Å². The fourth-order valence-corrected chi connectivity index (χ4v) is 14.4. The van der Waals surface area contributed by atoms with E-state index in [1.165, 1.54) is 7.11 Å². The van der Waals surface area contributed by atoms with Crippen LogP contribution in [-0.4, -0.2) is 108 Å². The highest BCUT2D eigenvalue weighted by Crippen LogP contribution is 2.45. The van der Waals surface area contributed by atoms with Gasteiger partial charge in [0.05, 0.1) is 91.3 Å². The first-order valence-corrected chi connectivity index (χ1v) is 31.3. The number of hydrogen-bond donors (Lipinski definition) is 0. The Kier molecular flexibility index (Phi) is 19.7. The molecule has 5 aliphatic heterocycles. The molecule has 0 radical (unpaired) electrons. The molecule has 13 heteroatoms. The molecular formula is C57H90O11SSi. The molecule has 6 rings (SSSR count). The van der Waals surface area contributed by atoms with E-state index < -0.39 is 24.3 Å². The van der Waals surface area contributed by atoms with E-state index >= 15 is 0 Å². The second-order valence-corrected chi connectivity index (χ2v) is 30.4. The first kappa shape index (κ1) is 56.8. The summed E-state index contributed by atoms with van der Waals surface area (Å²) in [5, 5.41) is -0.0414. The van der Waals surface area contributed by atoms with Crippen LogP contribution in [-0.2, 0) is 52.3 Å². The molecule has 1 aromatic rings. The lowest BCUT2D eigenvalue weighted by Gasteiger charge is -2.51. The van der Waals surface area contributed by atoms with Crippen molar-refractivity contribution in [1.82, 2.24) is 0 Å². The molecule has 0 saturated carbocycles. The summed E-state index contributed by atoms with van der Waals surface area (Å²) in [6, 6.07) is 8.78. The second-order valence-electron chi connectivity index (χ2n) is 23.6. The number of benzene rings is 1. The predicted molar refractivity (Wildman–Crippen MR) is 279 cm³/mol. The van der Waals surface area contributed by atoms with Gasteiger partial charge in [0.2, 0.25) is 0 Å². The van der Waals surface area contributed by atoms with Gasteiger partial charge in [-0.25, -0.2) is 8.42 Å². The number of methoxy groups -OCH3 is 1. The van der Waals surface area contributed by atoms with Crippen molar-refractivity contribution in [3.05, 3.63) is 66.8 Å². The van der Waals surface area contributed by atoms with Gasteiger partial charge >= 0.3 is 5.97 Å². The van der Waals surface area contributed by atoms with Crippen LogP contribution in [0.1, 0.15) is 139 Å². The minimum atomic E-state index is -3.52. The number of ether oxygens (including phenoxy) is 6. The minimum Gasteiger partial charge on any atom is -0.469 e. The Morgan fingerprint density at radius 1 is 0.871 bits per heavy atom. The zero-order valence-corrected chi connectivity index (χ0v) is 46.7. The van der Waals surface area contributed by atoms with Gasteiger partial charge in [0.25, 0.3) is 0 Å². The van der Waals surface area contributed by atoms with Crippen molar-refractivity contribution in [1.29, 1.82) is 0 Å². The maximum atomic E-state index is 13.8. The number of carbonyl (C=O) groups is 2. The van der Waals surface area contributed by atoms with Crippen molar-refractivity contribution in [2.75, 3.05) is 12.9 Å². The molecule has 394 valence electrons. The highest BCUT2D eigenvalue weighted by molar-refractivity contribution is 7.91. The normalized spacial score (nSPS) is 35.2. The molecule has 1 aromatic carbocycles. The molecule has 0 aromatic heterocycles. The lowest BCUT2D eigenvalue weighted by molar-refractivity contribution is -0.238. The molecule has 0 N–H and O–H groups in total. The number of rotatable bonds is 21. The Labute approximate surface area is 423 Å². The van der Waals surface area contributed by atoms with Gasteiger partial charge in [-0.15, -0.1) is 0 Å². The minimum absolute atomic E-state index is 0.00532. The number of esters is 1. The molecule has 5 fully saturated rings. The van der Waals surface area contributed by atoms with Crippen LogP contribution in [0.4, 0.5) is 0 Å². The molecule has 0 bridgehead atoms. The van der Waals surface area contributed by atoms with Crippen LogP contribution in [0.15, 0.2) is 71.7 Å². The first-order chi connectivity index (χ1) is 32.9. The van der Waals surface area contributed by atoms with Gasteiger partial charge in [-0.1, -0.05) is 106 Å². The summed E-state index contributed by atoms with van der Waals surface area (Å²) in [7, 11) is -4.39. The van der Waals surface area contributed by atoms with Crippen LogP contribution in [0.25, 0.3) is 0 Å². The van der Waals surface area contributed by atoms with E-state index in [1.54, 1.807) is 30.3 Å². The Morgan fingerprint density at radius 3 is 2.24 bits per heavy atom. The Hall–Kier alpha value is -2.49. The summed E-state index contributed by atoms with van der Waals surface area (Å²) >= 11 is 0. The number of sulfone groups is 1. The van der Waals surface area contributed by atoms with E-state index in [1.807, 2.05) is 12.1 Å². The predicted octanol–water partition coefficient (Wildman–Crippen LogP) is 11.6. The fourth-order valence-electron chi connectivity index (χ4n) is 11.3. The van der Waals surface area contributed by atoms with Gasteiger partial charge in [0.1, 0.15) is 0 Å². The molecule has 70 heavy (non-hydrogen) atoms. The van der Waals surface area contributed by atoms with E-state index in [0.29, 0.717) is 30.1 Å². The van der Waals surface area contributed by atoms with Crippen LogP contribution >= 0.6 is 0 Å². The van der Waals surface area contributed by atoms with Gasteiger partial charge in [0.15, 0.2) is 23.9 Å². The standard InChI is InChI=1S/C57H90O11SSi/c1-15-35(2)29-51-41(8)47(34-69(60,61)46-19-17-16-18-20-46)53(66-51)33-52-38(5)36(3)30-44(64-52)24-27-48-37(4)31-43(63-48)23-21-42(58)22-26-50(68-70(13,14)57(9,10)11)56-40(7)39(6)55-49(67-56)28-25-45(65-55)32-54(59)62-12/h16-20,22,26,35-36,39-41,43-45,47-53,55-56H,4-5,15,21,23-25,27-34H2,1-3,6-14H3/b26-22+/t35-,36-,39-,40+,41-,43+,44+,45-,47-,48?,49?,50+,51-,52-,53?,55?,56-/m1/s1. The van der Waals surface area contributed by atoms with Gasteiger partial charge < -0.3 is 32.8 Å². The largest absolute Gasteiger partial charge is 0.469 e. The van der Waals surface area contributed by atoms with Crippen LogP contribution in [0.2, 0.25) is 18.1 Å². The molecule has 17 atom stereocenters. The molecule has 4 unspecified atom stereocenters. The van der Waals surface area contributed by atoms with Crippen molar-refractivity contribution >= 4 is 29.9 Å². The fraction of sp³-hybridized carbons (Fsp3) is 0.754. The average Bonchev–Trinajstić information content (AvgIpc) is 3.81. The quantitative estimate of drug-likeness (QED) is 0.0504. The number of hydrogen-bond acceptors (Lipinski definition) is 11. The third-order valence-electron chi connectivity index (χ3n) is 17.5. The van der Waals surface area contributed by atoms with Gasteiger partial charge in [-0.2, -0.15) is 0 Å². The molecule has 0 amide bonds. The summed E-state index contributed by atoms with van der Waals surface area (Å²) in [5.41, 5.74) is 2.11. The third kappa shape index (κ3) is 14.2. The van der Waals surface area contributed by atoms with Crippen LogP contribution in [0.5, 0.6) is 0 Å². The van der Waals surface area contributed by atoms with Crippen molar-refractivity contribution in [2.24, 2.45) is 35.5 Å². The monoisotopic (exact) mass is 1010 g/mol. The molecule has 5 saturated heterocycles. The van der Waals surface area contributed by atoms with Crippen molar-refractivity contribution in [3.63, 3.8) is 0 Å². The van der Waals surface area contributed by atoms with Crippen molar-refractivity contribution in [2.45, 2.75) is 230 Å². The Bertz CT molecular complexity index is 2060. The van der Waals surface area contributed by atoms with Crippen LogP contribution in [0, 0.1) is 35.5 Å². The highest BCUT2D eigenvalue weighted by atomic mass is 32.2. The molecule has 5 aliphatic rings. The summed E-state index contributed by atoms with van der Waals surface area (Å²) < 4.78 is 73.1. The maximum absolute atomic E-state index is 13.8. The van der Waals surface area contributed by atoms with Crippen molar-refractivity contribution < 1.29 is 50.9 Å². The maximum Gasteiger partial charge on any atom is 0.308 e. The SMILES string of the molecule is C=C1C[C@H](CCC(=O)/C=C/[C@H](O[Si](C)(C)C(C)(C)C)[C@@H]2OC3CC[C@H](CC(=O)OC)OC3[C@H](C)[C@@H]2C)OC1CC[C@H]1C[C@@H](C)C(=C)[C@@H](CC2O[C@H](C[C@H](C)CC)[C@H](C)[C@H]2CS(=O)(=O)c2ccccc2)O1. The van der Waals surface area contributed by atoms with Crippen LogP contribution < -0.4 is 0 Å². The van der Waals surface area contributed by atoms with E-state index in [2.05, 4.69) is 88.6 Å². The van der Waals surface area contributed by atoms with E-state index in [0.717, 1.165) is 62.5 Å². The van der Waals surface area contributed by atoms with Gasteiger partial charge in [-0.3, -0.25) is 9.59 Å². The molecule has 0 spiro atoms. The van der Waals surface area contributed by atoms with Crippen molar-refractivity contribution in [3.8, 4) is 0 Å². The number of allylic oxidation sites excluding steroid dienone is 1. The molecular weight excluding hydrogens is 921 g/mol.